The minimum atomic E-state index is 0. The minimum Gasteiger partial charge on any atom is -0.382 e. The molecule has 0 bridgehead atoms. The molecule has 1 aliphatic rings. The highest BCUT2D eigenvalue weighted by molar-refractivity contribution is 14.0. The molecule has 22 heavy (non-hydrogen) atoms. The summed E-state index contributed by atoms with van der Waals surface area (Å²) in [6.45, 7) is 13.1. The van der Waals surface area contributed by atoms with E-state index in [9.17, 15) is 0 Å². The zero-order valence-corrected chi connectivity index (χ0v) is 17.2. The Balaban J connectivity index is 0.00000441. The van der Waals surface area contributed by atoms with Gasteiger partial charge in [0.1, 0.15) is 0 Å². The molecule has 5 heteroatoms. The van der Waals surface area contributed by atoms with Crippen LogP contribution in [0.15, 0.2) is 4.99 Å². The maximum Gasteiger partial charge on any atom is 0.191 e. The molecule has 132 valence electrons. The van der Waals surface area contributed by atoms with Crippen LogP contribution in [0.2, 0.25) is 0 Å². The fourth-order valence-electron chi connectivity index (χ4n) is 2.93. The van der Waals surface area contributed by atoms with Gasteiger partial charge in [0.25, 0.3) is 0 Å². The van der Waals surface area contributed by atoms with Gasteiger partial charge in [0.15, 0.2) is 5.96 Å². The van der Waals surface area contributed by atoms with E-state index in [0.717, 1.165) is 45.2 Å². The molecule has 1 rings (SSSR count). The van der Waals surface area contributed by atoms with Crippen molar-refractivity contribution in [3.05, 3.63) is 0 Å². The van der Waals surface area contributed by atoms with Gasteiger partial charge < -0.3 is 15.4 Å². The van der Waals surface area contributed by atoms with Gasteiger partial charge in [-0.05, 0) is 44.4 Å². The Morgan fingerprint density at radius 1 is 1.18 bits per heavy atom. The highest BCUT2D eigenvalue weighted by Gasteiger charge is 2.33. The van der Waals surface area contributed by atoms with Crippen LogP contribution in [0, 0.1) is 11.3 Å². The monoisotopic (exact) mass is 425 g/mol. The van der Waals surface area contributed by atoms with Crippen LogP contribution in [0.4, 0.5) is 0 Å². The molecular formula is C17H36IN3O. The zero-order chi connectivity index (χ0) is 15.6. The van der Waals surface area contributed by atoms with Crippen LogP contribution in [0.25, 0.3) is 0 Å². The van der Waals surface area contributed by atoms with E-state index in [1.807, 2.05) is 0 Å². The third-order valence-corrected chi connectivity index (χ3v) is 4.24. The molecule has 2 N–H and O–H groups in total. The molecule has 1 fully saturated rings. The van der Waals surface area contributed by atoms with Crippen LogP contribution in [-0.4, -0.2) is 38.8 Å². The summed E-state index contributed by atoms with van der Waals surface area (Å²) >= 11 is 0. The molecule has 0 aliphatic heterocycles. The molecule has 0 aromatic heterocycles. The van der Waals surface area contributed by atoms with E-state index in [1.54, 1.807) is 0 Å². The largest absolute Gasteiger partial charge is 0.382 e. The van der Waals surface area contributed by atoms with Crippen molar-refractivity contribution < 1.29 is 4.74 Å². The van der Waals surface area contributed by atoms with Crippen molar-refractivity contribution in [2.75, 3.05) is 32.8 Å². The number of hydrogen-bond acceptors (Lipinski definition) is 2. The highest BCUT2D eigenvalue weighted by atomic mass is 127. The summed E-state index contributed by atoms with van der Waals surface area (Å²) in [5.74, 6) is 1.60. The first-order valence-corrected chi connectivity index (χ1v) is 8.72. The second-order valence-electron chi connectivity index (χ2n) is 6.62. The highest BCUT2D eigenvalue weighted by Crippen LogP contribution is 2.41. The summed E-state index contributed by atoms with van der Waals surface area (Å²) in [6.07, 6.45) is 6.43. The molecule has 1 aliphatic carbocycles. The third kappa shape index (κ3) is 8.56. The third-order valence-electron chi connectivity index (χ3n) is 4.24. The fourth-order valence-corrected chi connectivity index (χ4v) is 2.93. The first kappa shape index (κ1) is 22.0. The summed E-state index contributed by atoms with van der Waals surface area (Å²) in [5.41, 5.74) is 0.370. The van der Waals surface area contributed by atoms with Gasteiger partial charge >= 0.3 is 0 Å². The first-order chi connectivity index (χ1) is 10.1. The van der Waals surface area contributed by atoms with Gasteiger partial charge in [0.2, 0.25) is 0 Å². The average Bonchev–Trinajstić information content (AvgIpc) is 2.91. The first-order valence-electron chi connectivity index (χ1n) is 8.72. The lowest BCUT2D eigenvalue weighted by Gasteiger charge is -2.27. The van der Waals surface area contributed by atoms with Gasteiger partial charge in [0.05, 0.1) is 0 Å². The van der Waals surface area contributed by atoms with Crippen LogP contribution in [0.3, 0.4) is 0 Å². The number of hydrogen-bond donors (Lipinski definition) is 2. The molecule has 4 nitrogen and oxygen atoms in total. The van der Waals surface area contributed by atoms with Crippen molar-refractivity contribution in [2.24, 2.45) is 16.3 Å². The molecular weight excluding hydrogens is 389 g/mol. The van der Waals surface area contributed by atoms with Crippen molar-refractivity contribution >= 4 is 29.9 Å². The Labute approximate surface area is 154 Å². The van der Waals surface area contributed by atoms with E-state index in [4.69, 9.17) is 9.73 Å². The van der Waals surface area contributed by atoms with Crippen molar-refractivity contribution in [1.82, 2.24) is 10.6 Å². The second-order valence-corrected chi connectivity index (χ2v) is 6.62. The number of nitrogens with one attached hydrogen (secondary N) is 2. The Morgan fingerprint density at radius 3 is 2.41 bits per heavy atom. The van der Waals surface area contributed by atoms with E-state index in [1.165, 1.54) is 25.7 Å². The number of rotatable bonds is 9. The van der Waals surface area contributed by atoms with Gasteiger partial charge in [-0.2, -0.15) is 0 Å². The predicted octanol–water partition coefficient (Wildman–Crippen LogP) is 3.80. The number of ether oxygens (including phenoxy) is 1. The van der Waals surface area contributed by atoms with Crippen molar-refractivity contribution in [2.45, 2.75) is 59.8 Å². The molecule has 0 unspecified atom stereocenters. The smallest absolute Gasteiger partial charge is 0.191 e. The van der Waals surface area contributed by atoms with Crippen molar-refractivity contribution in [3.63, 3.8) is 0 Å². The number of guanidine groups is 1. The second kappa shape index (κ2) is 12.4. The summed E-state index contributed by atoms with van der Waals surface area (Å²) in [6, 6.07) is 0. The van der Waals surface area contributed by atoms with E-state index in [-0.39, 0.29) is 24.0 Å². The quantitative estimate of drug-likeness (QED) is 0.256. The maximum atomic E-state index is 5.57. The van der Waals surface area contributed by atoms with Crippen LogP contribution in [0.1, 0.15) is 59.8 Å². The minimum absolute atomic E-state index is 0. The topological polar surface area (TPSA) is 45.7 Å². The molecule has 0 aromatic carbocycles. The standard InChI is InChI=1S/C17H35N3O.HI/c1-5-18-16(19-13-15(3)4)20-14-17(9-7-8-10-17)11-12-21-6-2;/h15H,5-14H2,1-4H3,(H2,18,19,20);1H. The van der Waals surface area contributed by atoms with E-state index in [0.29, 0.717) is 11.3 Å². The normalized spacial score (nSPS) is 17.4. The number of nitrogens with zero attached hydrogens (tertiary/aromatic N) is 1. The van der Waals surface area contributed by atoms with E-state index in [2.05, 4.69) is 38.3 Å². The van der Waals surface area contributed by atoms with Crippen LogP contribution in [-0.2, 0) is 4.74 Å². The lowest BCUT2D eigenvalue weighted by Crippen LogP contribution is -2.40. The zero-order valence-electron chi connectivity index (χ0n) is 14.9. The fraction of sp³-hybridized carbons (Fsp3) is 0.941. The van der Waals surface area contributed by atoms with Gasteiger partial charge in [-0.15, -0.1) is 24.0 Å². The van der Waals surface area contributed by atoms with Gasteiger partial charge in [-0.25, -0.2) is 0 Å². The van der Waals surface area contributed by atoms with Crippen molar-refractivity contribution in [3.8, 4) is 0 Å². The number of halogens is 1. The average molecular weight is 425 g/mol. The van der Waals surface area contributed by atoms with E-state index < -0.39 is 0 Å². The molecule has 0 spiro atoms. The predicted molar refractivity (Wildman–Crippen MR) is 106 cm³/mol. The molecule has 0 saturated heterocycles. The van der Waals surface area contributed by atoms with Crippen LogP contribution < -0.4 is 10.6 Å². The summed E-state index contributed by atoms with van der Waals surface area (Å²) in [5, 5.41) is 6.79. The molecule has 0 aromatic rings. The summed E-state index contributed by atoms with van der Waals surface area (Å²) < 4.78 is 5.57. The lowest BCUT2D eigenvalue weighted by atomic mass is 9.83. The maximum absolute atomic E-state index is 5.57. The SMILES string of the molecule is CCNC(=NCC1(CCOCC)CCCC1)NCC(C)C.I. The molecule has 1 saturated carbocycles. The van der Waals surface area contributed by atoms with E-state index >= 15 is 0 Å². The Hall–Kier alpha value is -0.0400. The molecule has 0 amide bonds. The van der Waals surface area contributed by atoms with Crippen molar-refractivity contribution in [1.29, 1.82) is 0 Å². The Kier molecular flexibility index (Phi) is 12.4. The summed E-state index contributed by atoms with van der Waals surface area (Å²) in [7, 11) is 0. The van der Waals surface area contributed by atoms with Gasteiger partial charge in [0, 0.05) is 32.8 Å². The molecule has 0 atom stereocenters. The molecule has 0 radical (unpaired) electrons. The lowest BCUT2D eigenvalue weighted by molar-refractivity contribution is 0.107. The number of aliphatic imine (C=N–C) groups is 1. The van der Waals surface area contributed by atoms with Crippen LogP contribution >= 0.6 is 24.0 Å². The summed E-state index contributed by atoms with van der Waals surface area (Å²) in [4.78, 5) is 4.86. The van der Waals surface area contributed by atoms with Crippen LogP contribution in [0.5, 0.6) is 0 Å². The van der Waals surface area contributed by atoms with Gasteiger partial charge in [-0.3, -0.25) is 4.99 Å². The molecule has 0 heterocycles. The Bertz CT molecular complexity index is 302. The van der Waals surface area contributed by atoms with Gasteiger partial charge in [-0.1, -0.05) is 26.7 Å². The Morgan fingerprint density at radius 2 is 1.86 bits per heavy atom.